The summed E-state index contributed by atoms with van der Waals surface area (Å²) in [4.78, 5) is 38.7. The first-order chi connectivity index (χ1) is 17.8. The largest absolute Gasteiger partial charge is 0.391 e. The molecule has 10 nitrogen and oxygen atoms in total. The Labute approximate surface area is 215 Å². The third kappa shape index (κ3) is 6.85. The quantitative estimate of drug-likeness (QED) is 0.255. The Morgan fingerprint density at radius 2 is 1.81 bits per heavy atom. The molecule has 0 bridgehead atoms. The molecule has 37 heavy (non-hydrogen) atoms. The highest BCUT2D eigenvalue weighted by Gasteiger charge is 2.37. The molecular weight excluding hydrogens is 474 g/mol. The lowest BCUT2D eigenvalue weighted by Gasteiger charge is -2.37. The van der Waals surface area contributed by atoms with Gasteiger partial charge in [-0.2, -0.15) is 0 Å². The fourth-order valence-electron chi connectivity index (χ4n) is 5.17. The van der Waals surface area contributed by atoms with Crippen molar-refractivity contribution in [3.05, 3.63) is 66.2 Å². The van der Waals surface area contributed by atoms with E-state index < -0.39 is 29.9 Å². The van der Waals surface area contributed by atoms with Gasteiger partial charge in [-0.05, 0) is 69.2 Å². The SMILES string of the molecule is CC1CC(C(CC(O)C(Cc2cccnc2)NC(=O)c2cnc3ccccc3n2)C(=O)NO)CC(C)O1. The molecular formula is C27H33N5O5. The Balaban J connectivity index is 1.56. The maximum absolute atomic E-state index is 13.2. The molecule has 5 unspecified atom stereocenters. The topological polar surface area (TPSA) is 147 Å². The van der Waals surface area contributed by atoms with Gasteiger partial charge in [0, 0.05) is 18.3 Å². The summed E-state index contributed by atoms with van der Waals surface area (Å²) < 4.78 is 5.81. The normalized spacial score (nSPS) is 22.1. The first kappa shape index (κ1) is 26.6. The Bertz CT molecular complexity index is 1200. The number of ether oxygens (including phenoxy) is 1. The summed E-state index contributed by atoms with van der Waals surface area (Å²) in [5, 5.41) is 23.7. The first-order valence-electron chi connectivity index (χ1n) is 12.5. The van der Waals surface area contributed by atoms with E-state index in [-0.39, 0.29) is 36.7 Å². The molecule has 10 heteroatoms. The van der Waals surface area contributed by atoms with E-state index in [1.165, 1.54) is 6.20 Å². The Kier molecular flexibility index (Phi) is 8.75. The molecule has 0 saturated carbocycles. The number of hydrogen-bond donors (Lipinski definition) is 4. The molecule has 2 aromatic heterocycles. The zero-order valence-electron chi connectivity index (χ0n) is 20.9. The van der Waals surface area contributed by atoms with Gasteiger partial charge in [-0.1, -0.05) is 18.2 Å². The van der Waals surface area contributed by atoms with Gasteiger partial charge in [0.2, 0.25) is 5.91 Å². The van der Waals surface area contributed by atoms with Crippen molar-refractivity contribution >= 4 is 22.8 Å². The number of para-hydroxylation sites is 2. The summed E-state index contributed by atoms with van der Waals surface area (Å²) in [7, 11) is 0. The molecule has 1 saturated heterocycles. The second kappa shape index (κ2) is 12.2. The molecule has 3 heterocycles. The number of hydroxylamine groups is 1. The molecule has 1 aromatic carbocycles. The van der Waals surface area contributed by atoms with Gasteiger partial charge in [0.05, 0.1) is 41.6 Å². The third-order valence-corrected chi connectivity index (χ3v) is 6.89. The lowest BCUT2D eigenvalue weighted by Crippen LogP contribution is -2.48. The maximum atomic E-state index is 13.2. The van der Waals surface area contributed by atoms with Crippen LogP contribution >= 0.6 is 0 Å². The summed E-state index contributed by atoms with van der Waals surface area (Å²) in [5.74, 6) is -1.80. The fourth-order valence-corrected chi connectivity index (χ4v) is 5.17. The smallest absolute Gasteiger partial charge is 0.271 e. The van der Waals surface area contributed by atoms with Crippen molar-refractivity contribution in [1.82, 2.24) is 25.7 Å². The molecule has 1 aliphatic rings. The lowest BCUT2D eigenvalue weighted by molar-refractivity contribution is -0.140. The van der Waals surface area contributed by atoms with Crippen LogP contribution in [0.3, 0.4) is 0 Å². The molecule has 3 aromatic rings. The maximum Gasteiger partial charge on any atom is 0.271 e. The van der Waals surface area contributed by atoms with Gasteiger partial charge >= 0.3 is 0 Å². The van der Waals surface area contributed by atoms with Gasteiger partial charge in [0.1, 0.15) is 5.69 Å². The van der Waals surface area contributed by atoms with E-state index in [1.54, 1.807) is 30.0 Å². The van der Waals surface area contributed by atoms with Crippen LogP contribution in [0.1, 0.15) is 49.2 Å². The van der Waals surface area contributed by atoms with E-state index in [0.29, 0.717) is 23.9 Å². The van der Waals surface area contributed by atoms with E-state index in [4.69, 9.17) is 4.74 Å². The summed E-state index contributed by atoms with van der Waals surface area (Å²) in [6.07, 6.45) is 5.12. The van der Waals surface area contributed by atoms with Crippen LogP contribution in [0, 0.1) is 11.8 Å². The van der Waals surface area contributed by atoms with Crippen molar-refractivity contribution in [1.29, 1.82) is 0 Å². The number of aromatic nitrogens is 3. The van der Waals surface area contributed by atoms with Gasteiger partial charge in [0.15, 0.2) is 0 Å². The minimum absolute atomic E-state index is 0.0442. The average Bonchev–Trinajstić information content (AvgIpc) is 2.90. The van der Waals surface area contributed by atoms with E-state index in [9.17, 15) is 19.9 Å². The van der Waals surface area contributed by atoms with Crippen LogP contribution in [0.2, 0.25) is 0 Å². The van der Waals surface area contributed by atoms with Gasteiger partial charge in [-0.25, -0.2) is 10.5 Å². The molecule has 0 aliphatic carbocycles. The Hall–Kier alpha value is -3.47. The van der Waals surface area contributed by atoms with Gasteiger partial charge in [-0.15, -0.1) is 0 Å². The monoisotopic (exact) mass is 507 g/mol. The van der Waals surface area contributed by atoms with Crippen molar-refractivity contribution in [3.63, 3.8) is 0 Å². The molecule has 4 N–H and O–H groups in total. The number of fused-ring (bicyclic) bond motifs is 1. The number of carbonyl (C=O) groups excluding carboxylic acids is 2. The highest BCUT2D eigenvalue weighted by molar-refractivity contribution is 5.94. The number of hydrogen-bond acceptors (Lipinski definition) is 8. The number of nitrogens with one attached hydrogen (secondary N) is 2. The molecule has 4 rings (SSSR count). The van der Waals surface area contributed by atoms with E-state index in [1.807, 2.05) is 38.1 Å². The highest BCUT2D eigenvalue weighted by atomic mass is 16.5. The summed E-state index contributed by atoms with van der Waals surface area (Å²) in [5.41, 5.74) is 3.96. The minimum Gasteiger partial charge on any atom is -0.391 e. The van der Waals surface area contributed by atoms with Crippen LogP contribution in [0.5, 0.6) is 0 Å². The fraction of sp³-hybridized carbons (Fsp3) is 0.444. The van der Waals surface area contributed by atoms with Crippen LogP contribution in [-0.4, -0.2) is 61.4 Å². The zero-order valence-corrected chi connectivity index (χ0v) is 20.9. The summed E-state index contributed by atoms with van der Waals surface area (Å²) in [6.45, 7) is 3.89. The number of aliphatic hydroxyl groups excluding tert-OH is 1. The number of benzene rings is 1. The van der Waals surface area contributed by atoms with Crippen LogP contribution < -0.4 is 10.8 Å². The number of rotatable bonds is 9. The molecule has 1 fully saturated rings. The van der Waals surface area contributed by atoms with E-state index >= 15 is 0 Å². The number of carbonyl (C=O) groups is 2. The zero-order chi connectivity index (χ0) is 26.4. The molecule has 0 radical (unpaired) electrons. The van der Waals surface area contributed by atoms with Crippen LogP contribution in [0.15, 0.2) is 55.0 Å². The lowest BCUT2D eigenvalue weighted by atomic mass is 9.77. The second-order valence-corrected chi connectivity index (χ2v) is 9.76. The van der Waals surface area contributed by atoms with Gasteiger partial charge in [0.25, 0.3) is 5.91 Å². The van der Waals surface area contributed by atoms with E-state index in [2.05, 4.69) is 20.3 Å². The molecule has 0 spiro atoms. The average molecular weight is 508 g/mol. The summed E-state index contributed by atoms with van der Waals surface area (Å²) in [6, 6.07) is 10.1. The van der Waals surface area contributed by atoms with Gasteiger partial charge in [-0.3, -0.25) is 24.8 Å². The summed E-state index contributed by atoms with van der Waals surface area (Å²) >= 11 is 0. The highest BCUT2D eigenvalue weighted by Crippen LogP contribution is 2.34. The predicted molar refractivity (Wildman–Crippen MR) is 136 cm³/mol. The first-order valence-corrected chi connectivity index (χ1v) is 12.5. The van der Waals surface area contributed by atoms with Crippen molar-refractivity contribution < 1.29 is 24.6 Å². The van der Waals surface area contributed by atoms with Crippen LogP contribution in [-0.2, 0) is 16.0 Å². The number of nitrogens with zero attached hydrogens (tertiary/aromatic N) is 3. The second-order valence-electron chi connectivity index (χ2n) is 9.76. The predicted octanol–water partition coefficient (Wildman–Crippen LogP) is 2.44. The standard InChI is InChI=1S/C27H33N5O5/c1-16-10-19(11-17(2)37-16)20(26(34)32-36)13-25(33)23(12-18-6-5-9-28-14-18)31-27(35)24-15-29-21-7-3-4-8-22(21)30-24/h3-9,14-17,19-20,23,25,33,36H,10-13H2,1-2H3,(H,31,35)(H,32,34). The number of amides is 2. The molecule has 1 aliphatic heterocycles. The van der Waals surface area contributed by atoms with Crippen molar-refractivity contribution in [2.75, 3.05) is 0 Å². The third-order valence-electron chi connectivity index (χ3n) is 6.89. The Morgan fingerprint density at radius 3 is 2.49 bits per heavy atom. The van der Waals surface area contributed by atoms with Crippen LogP contribution in [0.4, 0.5) is 0 Å². The Morgan fingerprint density at radius 1 is 1.08 bits per heavy atom. The minimum atomic E-state index is -1.09. The number of aliphatic hydroxyl groups is 1. The molecule has 2 amide bonds. The number of pyridine rings is 1. The van der Waals surface area contributed by atoms with Crippen LogP contribution in [0.25, 0.3) is 11.0 Å². The van der Waals surface area contributed by atoms with Crippen molar-refractivity contribution in [2.45, 2.75) is 63.9 Å². The molecule has 196 valence electrons. The van der Waals surface area contributed by atoms with Crippen molar-refractivity contribution in [3.8, 4) is 0 Å². The molecule has 5 atom stereocenters. The van der Waals surface area contributed by atoms with Gasteiger partial charge < -0.3 is 15.2 Å². The van der Waals surface area contributed by atoms with Crippen molar-refractivity contribution in [2.24, 2.45) is 11.8 Å². The van der Waals surface area contributed by atoms with E-state index in [0.717, 1.165) is 5.56 Å².